The highest BCUT2D eigenvalue weighted by Gasteiger charge is 2.13. The second-order valence-electron chi connectivity index (χ2n) is 5.59. The van der Waals surface area contributed by atoms with E-state index in [0.717, 1.165) is 22.5 Å². The molecular weight excluding hydrogens is 314 g/mol. The zero-order valence-electron chi connectivity index (χ0n) is 13.9. The molecule has 124 valence electrons. The summed E-state index contributed by atoms with van der Waals surface area (Å²) >= 11 is 0. The van der Waals surface area contributed by atoms with Gasteiger partial charge in [-0.05, 0) is 31.0 Å². The van der Waals surface area contributed by atoms with E-state index in [-0.39, 0.29) is 0 Å². The van der Waals surface area contributed by atoms with Crippen molar-refractivity contribution >= 4 is 17.0 Å². The largest absolute Gasteiger partial charge is 0.465 e. The fourth-order valence-corrected chi connectivity index (χ4v) is 2.67. The SMILES string of the molecule is COC(=O)c1ccc2nc(-c3ccccc3)c(CCCC#N)nc2c1. The van der Waals surface area contributed by atoms with Gasteiger partial charge in [-0.2, -0.15) is 5.26 Å². The highest BCUT2D eigenvalue weighted by atomic mass is 16.5. The maximum Gasteiger partial charge on any atom is 0.337 e. The number of fused-ring (bicyclic) bond motifs is 1. The highest BCUT2D eigenvalue weighted by Crippen LogP contribution is 2.25. The number of carbonyl (C=O) groups excluding carboxylic acids is 1. The molecule has 25 heavy (non-hydrogen) atoms. The molecule has 0 saturated heterocycles. The molecular formula is C20H17N3O2. The minimum atomic E-state index is -0.401. The number of aryl methyl sites for hydroxylation is 1. The summed E-state index contributed by atoms with van der Waals surface area (Å²) < 4.78 is 4.76. The van der Waals surface area contributed by atoms with E-state index in [0.29, 0.717) is 30.3 Å². The van der Waals surface area contributed by atoms with Gasteiger partial charge < -0.3 is 4.74 Å². The Kier molecular flexibility index (Phi) is 5.00. The number of nitriles is 1. The molecule has 0 bridgehead atoms. The Hall–Kier alpha value is -3.26. The third kappa shape index (κ3) is 3.64. The first kappa shape index (κ1) is 16.6. The molecule has 0 aliphatic carbocycles. The van der Waals surface area contributed by atoms with Crippen molar-refractivity contribution in [3.63, 3.8) is 0 Å². The summed E-state index contributed by atoms with van der Waals surface area (Å²) in [7, 11) is 1.35. The van der Waals surface area contributed by atoms with Crippen LogP contribution < -0.4 is 0 Å². The zero-order valence-corrected chi connectivity index (χ0v) is 13.9. The lowest BCUT2D eigenvalue weighted by molar-refractivity contribution is 0.0601. The second kappa shape index (κ2) is 7.54. The molecule has 3 aromatic rings. The number of nitrogens with zero attached hydrogens (tertiary/aromatic N) is 3. The fraction of sp³-hybridized carbons (Fsp3) is 0.200. The number of carbonyl (C=O) groups is 1. The Bertz CT molecular complexity index is 946. The summed E-state index contributed by atoms with van der Waals surface area (Å²) in [6.07, 6.45) is 1.84. The molecule has 0 spiro atoms. The lowest BCUT2D eigenvalue weighted by Gasteiger charge is -2.10. The van der Waals surface area contributed by atoms with Crippen molar-refractivity contribution in [3.8, 4) is 17.3 Å². The summed E-state index contributed by atoms with van der Waals surface area (Å²) in [6.45, 7) is 0. The van der Waals surface area contributed by atoms with Gasteiger partial charge in [0.15, 0.2) is 0 Å². The van der Waals surface area contributed by atoms with Gasteiger partial charge in [0.2, 0.25) is 0 Å². The Morgan fingerprint density at radius 1 is 1.12 bits per heavy atom. The third-order valence-electron chi connectivity index (χ3n) is 3.91. The van der Waals surface area contributed by atoms with Gasteiger partial charge in [-0.3, -0.25) is 0 Å². The van der Waals surface area contributed by atoms with Crippen LogP contribution in [0.4, 0.5) is 0 Å². The maximum atomic E-state index is 11.7. The monoisotopic (exact) mass is 331 g/mol. The summed E-state index contributed by atoms with van der Waals surface area (Å²) in [5.41, 5.74) is 4.44. The number of methoxy groups -OCH3 is 1. The van der Waals surface area contributed by atoms with Crippen LogP contribution in [0.1, 0.15) is 28.9 Å². The molecule has 1 aromatic heterocycles. The van der Waals surface area contributed by atoms with Gasteiger partial charge in [0.1, 0.15) is 0 Å². The van der Waals surface area contributed by atoms with Crippen LogP contribution in [-0.2, 0) is 11.2 Å². The van der Waals surface area contributed by atoms with E-state index in [9.17, 15) is 4.79 Å². The van der Waals surface area contributed by atoms with Crippen molar-refractivity contribution < 1.29 is 9.53 Å². The maximum absolute atomic E-state index is 11.7. The quantitative estimate of drug-likeness (QED) is 0.523. The Morgan fingerprint density at radius 3 is 2.64 bits per heavy atom. The molecule has 0 aliphatic heterocycles. The van der Waals surface area contributed by atoms with Crippen molar-refractivity contribution in [2.45, 2.75) is 19.3 Å². The van der Waals surface area contributed by atoms with Crippen LogP contribution in [0.15, 0.2) is 48.5 Å². The van der Waals surface area contributed by atoms with Crippen LogP contribution >= 0.6 is 0 Å². The zero-order chi connectivity index (χ0) is 17.6. The molecule has 5 heteroatoms. The van der Waals surface area contributed by atoms with E-state index in [1.807, 2.05) is 30.3 Å². The number of aromatic nitrogens is 2. The molecule has 0 atom stereocenters. The summed E-state index contributed by atoms with van der Waals surface area (Å²) in [5.74, 6) is -0.401. The molecule has 1 heterocycles. The topological polar surface area (TPSA) is 75.9 Å². The van der Waals surface area contributed by atoms with E-state index < -0.39 is 5.97 Å². The highest BCUT2D eigenvalue weighted by molar-refractivity contribution is 5.93. The Balaban J connectivity index is 2.11. The number of hydrogen-bond donors (Lipinski definition) is 0. The number of ether oxygens (including phenoxy) is 1. The molecule has 3 rings (SSSR count). The first-order chi connectivity index (χ1) is 12.2. The second-order valence-corrected chi connectivity index (χ2v) is 5.59. The van der Waals surface area contributed by atoms with Crippen LogP contribution in [0.3, 0.4) is 0 Å². The van der Waals surface area contributed by atoms with Gasteiger partial charge in [-0.25, -0.2) is 14.8 Å². The van der Waals surface area contributed by atoms with Crippen LogP contribution in [-0.4, -0.2) is 23.0 Å². The van der Waals surface area contributed by atoms with E-state index in [4.69, 9.17) is 20.0 Å². The van der Waals surface area contributed by atoms with Crippen LogP contribution in [0.2, 0.25) is 0 Å². The van der Waals surface area contributed by atoms with Gasteiger partial charge in [-0.1, -0.05) is 30.3 Å². The summed E-state index contributed by atoms with van der Waals surface area (Å²) in [4.78, 5) is 21.2. The average Bonchev–Trinajstić information content (AvgIpc) is 2.67. The summed E-state index contributed by atoms with van der Waals surface area (Å²) in [6, 6.07) is 17.2. The molecule has 2 aromatic carbocycles. The third-order valence-corrected chi connectivity index (χ3v) is 3.91. The predicted octanol–water partition coefficient (Wildman–Crippen LogP) is 3.93. The van der Waals surface area contributed by atoms with E-state index in [1.54, 1.807) is 18.2 Å². The first-order valence-corrected chi connectivity index (χ1v) is 8.04. The standard InChI is InChI=1S/C20H17N3O2/c1-25-20(24)15-10-11-16-18(13-15)22-17(9-5-6-12-21)19(23-16)14-7-3-2-4-8-14/h2-4,7-8,10-11,13H,5-6,9H2,1H3. The lowest BCUT2D eigenvalue weighted by Crippen LogP contribution is -2.03. The van der Waals surface area contributed by atoms with Gasteiger partial charge >= 0.3 is 5.97 Å². The van der Waals surface area contributed by atoms with Gasteiger partial charge in [0.05, 0.1) is 41.2 Å². The van der Waals surface area contributed by atoms with Crippen molar-refractivity contribution in [1.82, 2.24) is 9.97 Å². The number of benzene rings is 2. The normalized spacial score (nSPS) is 10.4. The summed E-state index contributed by atoms with van der Waals surface area (Å²) in [5, 5.41) is 8.79. The molecule has 0 radical (unpaired) electrons. The molecule has 5 nitrogen and oxygen atoms in total. The van der Waals surface area contributed by atoms with Crippen molar-refractivity contribution in [2.75, 3.05) is 7.11 Å². The van der Waals surface area contributed by atoms with Crippen LogP contribution in [0, 0.1) is 11.3 Å². The average molecular weight is 331 g/mol. The smallest absolute Gasteiger partial charge is 0.337 e. The van der Waals surface area contributed by atoms with Crippen LogP contribution in [0.5, 0.6) is 0 Å². The molecule has 0 saturated carbocycles. The first-order valence-electron chi connectivity index (χ1n) is 8.04. The number of rotatable bonds is 5. The molecule has 0 amide bonds. The number of hydrogen-bond acceptors (Lipinski definition) is 5. The van der Waals surface area contributed by atoms with E-state index in [2.05, 4.69) is 6.07 Å². The lowest BCUT2D eigenvalue weighted by atomic mass is 10.0. The number of esters is 1. The van der Waals surface area contributed by atoms with Crippen molar-refractivity contribution in [1.29, 1.82) is 5.26 Å². The van der Waals surface area contributed by atoms with Crippen LogP contribution in [0.25, 0.3) is 22.3 Å². The van der Waals surface area contributed by atoms with Gasteiger partial charge in [-0.15, -0.1) is 0 Å². The van der Waals surface area contributed by atoms with E-state index in [1.165, 1.54) is 7.11 Å². The molecule has 0 aliphatic rings. The van der Waals surface area contributed by atoms with Crippen molar-refractivity contribution in [2.24, 2.45) is 0 Å². The van der Waals surface area contributed by atoms with Crippen molar-refractivity contribution in [3.05, 3.63) is 59.8 Å². The Labute approximate surface area is 145 Å². The minimum Gasteiger partial charge on any atom is -0.465 e. The van der Waals surface area contributed by atoms with E-state index >= 15 is 0 Å². The molecule has 0 unspecified atom stereocenters. The minimum absolute atomic E-state index is 0.401. The fourth-order valence-electron chi connectivity index (χ4n) is 2.67. The van der Waals surface area contributed by atoms with Gasteiger partial charge in [0.25, 0.3) is 0 Å². The molecule has 0 fully saturated rings. The molecule has 0 N–H and O–H groups in total. The van der Waals surface area contributed by atoms with Gasteiger partial charge in [0, 0.05) is 12.0 Å². The number of unbranched alkanes of at least 4 members (excludes halogenated alkanes) is 1. The predicted molar refractivity (Wildman–Crippen MR) is 94.9 cm³/mol. The Morgan fingerprint density at radius 2 is 1.92 bits per heavy atom.